The minimum absolute atomic E-state index is 0.0727. The van der Waals surface area contributed by atoms with Crippen molar-refractivity contribution in [2.75, 3.05) is 24.5 Å². The number of pyridine rings is 1. The van der Waals surface area contributed by atoms with Crippen molar-refractivity contribution in [1.29, 1.82) is 5.26 Å². The highest BCUT2D eigenvalue weighted by atomic mass is 16.6. The van der Waals surface area contributed by atoms with E-state index in [1.54, 1.807) is 0 Å². The Balaban J connectivity index is 1.73. The molecule has 22 heavy (non-hydrogen) atoms. The number of hydrogen-bond donors (Lipinski definition) is 1. The molecule has 0 spiro atoms. The van der Waals surface area contributed by atoms with Crippen molar-refractivity contribution in [3.05, 3.63) is 27.9 Å². The molecule has 0 amide bonds. The maximum Gasteiger partial charge on any atom is 0.312 e. The number of nitrogens with one attached hydrogen (secondary N) is 1. The normalized spacial score (nSPS) is 22.5. The lowest BCUT2D eigenvalue weighted by molar-refractivity contribution is -0.384. The van der Waals surface area contributed by atoms with Gasteiger partial charge in [0.15, 0.2) is 0 Å². The highest BCUT2D eigenvalue weighted by Gasteiger charge is 2.31. The molecule has 0 aromatic carbocycles. The van der Waals surface area contributed by atoms with Crippen LogP contribution in [0, 0.1) is 27.4 Å². The molecule has 7 heteroatoms. The molecule has 3 heterocycles. The zero-order valence-electron chi connectivity index (χ0n) is 12.4. The van der Waals surface area contributed by atoms with E-state index in [-0.39, 0.29) is 11.3 Å². The standard InChI is InChI=1S/C15H19N5O2/c16-9-11-8-14(20(21)22)15(18-10-11)19-6-3-12(4-7-19)13-2-1-5-17-13/h8,10,12-13,17H,1-7H2. The third kappa shape index (κ3) is 2.88. The van der Waals surface area contributed by atoms with E-state index >= 15 is 0 Å². The summed E-state index contributed by atoms with van der Waals surface area (Å²) < 4.78 is 0. The minimum Gasteiger partial charge on any atom is -0.351 e. The average Bonchev–Trinajstić information content (AvgIpc) is 3.09. The van der Waals surface area contributed by atoms with E-state index in [1.807, 2.05) is 11.0 Å². The Labute approximate surface area is 129 Å². The van der Waals surface area contributed by atoms with E-state index in [2.05, 4.69) is 10.3 Å². The molecule has 1 unspecified atom stereocenters. The minimum atomic E-state index is -0.451. The number of nitro groups is 1. The summed E-state index contributed by atoms with van der Waals surface area (Å²) in [6.07, 6.45) is 5.94. The number of nitrogens with zero attached hydrogens (tertiary/aromatic N) is 4. The van der Waals surface area contributed by atoms with Gasteiger partial charge in [0.1, 0.15) is 6.07 Å². The van der Waals surface area contributed by atoms with Gasteiger partial charge in [0.2, 0.25) is 5.82 Å². The molecule has 0 radical (unpaired) electrons. The average molecular weight is 301 g/mol. The third-order valence-corrected chi connectivity index (χ3v) is 4.68. The Hall–Kier alpha value is -2.20. The second-order valence-corrected chi connectivity index (χ2v) is 5.96. The summed E-state index contributed by atoms with van der Waals surface area (Å²) in [5.74, 6) is 1.04. The van der Waals surface area contributed by atoms with Crippen molar-refractivity contribution in [1.82, 2.24) is 10.3 Å². The lowest BCUT2D eigenvalue weighted by atomic mass is 9.88. The first-order valence-electron chi connectivity index (χ1n) is 7.72. The lowest BCUT2D eigenvalue weighted by Crippen LogP contribution is -2.41. The van der Waals surface area contributed by atoms with Crippen LogP contribution in [-0.2, 0) is 0 Å². The maximum absolute atomic E-state index is 11.2. The van der Waals surface area contributed by atoms with Crippen LogP contribution in [0.3, 0.4) is 0 Å². The molecule has 2 aliphatic rings. The number of piperidine rings is 1. The molecule has 2 aliphatic heterocycles. The molecule has 116 valence electrons. The van der Waals surface area contributed by atoms with E-state index < -0.39 is 4.92 Å². The quantitative estimate of drug-likeness (QED) is 0.676. The molecular formula is C15H19N5O2. The van der Waals surface area contributed by atoms with Gasteiger partial charge in [0, 0.05) is 31.4 Å². The fraction of sp³-hybridized carbons (Fsp3) is 0.600. The lowest BCUT2D eigenvalue weighted by Gasteiger charge is -2.35. The number of aromatic nitrogens is 1. The van der Waals surface area contributed by atoms with Crippen LogP contribution in [0.4, 0.5) is 11.5 Å². The van der Waals surface area contributed by atoms with Crippen molar-refractivity contribution in [3.8, 4) is 6.07 Å². The highest BCUT2D eigenvalue weighted by Crippen LogP contribution is 2.32. The fourth-order valence-corrected chi connectivity index (χ4v) is 3.51. The van der Waals surface area contributed by atoms with Gasteiger partial charge in [-0.25, -0.2) is 4.98 Å². The monoisotopic (exact) mass is 301 g/mol. The molecule has 1 N–H and O–H groups in total. The molecule has 3 rings (SSSR count). The van der Waals surface area contributed by atoms with Crippen LogP contribution < -0.4 is 10.2 Å². The molecule has 0 bridgehead atoms. The number of rotatable bonds is 3. The third-order valence-electron chi connectivity index (χ3n) is 4.68. The zero-order chi connectivity index (χ0) is 15.5. The second-order valence-electron chi connectivity index (χ2n) is 5.96. The largest absolute Gasteiger partial charge is 0.351 e. The van der Waals surface area contributed by atoms with Gasteiger partial charge in [0.25, 0.3) is 0 Å². The molecule has 1 atom stereocenters. The van der Waals surface area contributed by atoms with Gasteiger partial charge in [-0.1, -0.05) is 0 Å². The van der Waals surface area contributed by atoms with Crippen LogP contribution in [0.15, 0.2) is 12.3 Å². The first-order chi connectivity index (χ1) is 10.7. The SMILES string of the molecule is N#Cc1cnc(N2CCC(C3CCCN3)CC2)c([N+](=O)[O-])c1. The number of anilines is 1. The van der Waals surface area contributed by atoms with Gasteiger partial charge in [-0.15, -0.1) is 0 Å². The van der Waals surface area contributed by atoms with Gasteiger partial charge >= 0.3 is 5.69 Å². The topological polar surface area (TPSA) is 95.1 Å². The smallest absolute Gasteiger partial charge is 0.312 e. The van der Waals surface area contributed by atoms with Crippen LogP contribution in [0.2, 0.25) is 0 Å². The van der Waals surface area contributed by atoms with E-state index in [0.29, 0.717) is 17.8 Å². The molecule has 7 nitrogen and oxygen atoms in total. The Bertz CT molecular complexity index is 598. The molecule has 2 fully saturated rings. The van der Waals surface area contributed by atoms with Crippen molar-refractivity contribution in [2.45, 2.75) is 31.7 Å². The molecule has 1 aromatic rings. The van der Waals surface area contributed by atoms with Crippen molar-refractivity contribution in [2.24, 2.45) is 5.92 Å². The Morgan fingerprint density at radius 2 is 2.18 bits per heavy atom. The summed E-state index contributed by atoms with van der Waals surface area (Å²) >= 11 is 0. The molecule has 2 saturated heterocycles. The molecule has 0 saturated carbocycles. The van der Waals surface area contributed by atoms with Crippen molar-refractivity contribution >= 4 is 11.5 Å². The fourth-order valence-electron chi connectivity index (χ4n) is 3.51. The predicted octanol–water partition coefficient (Wildman–Crippen LogP) is 1.83. The van der Waals surface area contributed by atoms with E-state index in [9.17, 15) is 10.1 Å². The van der Waals surface area contributed by atoms with Gasteiger partial charge in [0.05, 0.1) is 10.5 Å². The Morgan fingerprint density at radius 1 is 1.41 bits per heavy atom. The van der Waals surface area contributed by atoms with Gasteiger partial charge in [-0.2, -0.15) is 5.26 Å². The van der Waals surface area contributed by atoms with Gasteiger partial charge in [-0.05, 0) is 38.1 Å². The van der Waals surface area contributed by atoms with Crippen LogP contribution in [0.1, 0.15) is 31.2 Å². The van der Waals surface area contributed by atoms with E-state index in [0.717, 1.165) is 32.5 Å². The van der Waals surface area contributed by atoms with E-state index in [4.69, 9.17) is 5.26 Å². The number of hydrogen-bond acceptors (Lipinski definition) is 6. The number of nitriles is 1. The van der Waals surface area contributed by atoms with Crippen LogP contribution >= 0.6 is 0 Å². The van der Waals surface area contributed by atoms with Crippen molar-refractivity contribution in [3.63, 3.8) is 0 Å². The Morgan fingerprint density at radius 3 is 2.77 bits per heavy atom. The van der Waals surface area contributed by atoms with E-state index in [1.165, 1.54) is 25.1 Å². The first-order valence-corrected chi connectivity index (χ1v) is 7.72. The second kappa shape index (κ2) is 6.28. The summed E-state index contributed by atoms with van der Waals surface area (Å²) in [6.45, 7) is 2.67. The first kappa shape index (κ1) is 14.7. The van der Waals surface area contributed by atoms with Crippen LogP contribution in [0.25, 0.3) is 0 Å². The van der Waals surface area contributed by atoms with Gasteiger partial charge < -0.3 is 10.2 Å². The van der Waals surface area contributed by atoms with Gasteiger partial charge in [-0.3, -0.25) is 10.1 Å². The molecule has 1 aromatic heterocycles. The summed E-state index contributed by atoms with van der Waals surface area (Å²) in [7, 11) is 0. The zero-order valence-corrected chi connectivity index (χ0v) is 12.4. The maximum atomic E-state index is 11.2. The molecular weight excluding hydrogens is 282 g/mol. The highest BCUT2D eigenvalue weighted by molar-refractivity contribution is 5.60. The van der Waals surface area contributed by atoms with Crippen molar-refractivity contribution < 1.29 is 4.92 Å². The summed E-state index contributed by atoms with van der Waals surface area (Å²) in [4.78, 5) is 16.9. The predicted molar refractivity (Wildman–Crippen MR) is 81.6 cm³/mol. The summed E-state index contributed by atoms with van der Waals surface area (Å²) in [5.41, 5.74) is 0.150. The molecule has 0 aliphatic carbocycles. The Kier molecular flexibility index (Phi) is 4.20. The van der Waals surface area contributed by atoms with Crippen LogP contribution in [-0.4, -0.2) is 35.6 Å². The summed E-state index contributed by atoms with van der Waals surface area (Å²) in [6, 6.07) is 3.82. The summed E-state index contributed by atoms with van der Waals surface area (Å²) in [5, 5.41) is 23.6. The van der Waals surface area contributed by atoms with Crippen LogP contribution in [0.5, 0.6) is 0 Å².